The molecule has 2 rings (SSSR count). The average Bonchev–Trinajstić information content (AvgIpc) is 2.66. The van der Waals surface area contributed by atoms with Gasteiger partial charge >= 0.3 is 0 Å². The predicted octanol–water partition coefficient (Wildman–Crippen LogP) is 4.04. The second-order valence-electron chi connectivity index (χ2n) is 2.40. The smallest absolute Gasteiger partial charge is 0.279 e. The zero-order chi connectivity index (χ0) is 9.97. The molecule has 0 spiro atoms. The molecule has 0 aliphatic heterocycles. The minimum absolute atomic E-state index is 0.393. The zero-order valence-electron chi connectivity index (χ0n) is 6.83. The van der Waals surface area contributed by atoms with Crippen LogP contribution in [0.3, 0.4) is 0 Å². The Balaban J connectivity index is 2.29. The number of nitrogens with zero attached hydrogens (tertiary/aromatic N) is 1. The number of ether oxygens (including phenoxy) is 1. The van der Waals surface area contributed by atoms with Crippen molar-refractivity contribution in [1.82, 2.24) is 4.98 Å². The van der Waals surface area contributed by atoms with E-state index in [1.165, 1.54) is 11.3 Å². The number of thiazole rings is 1. The SMILES string of the molecule is Clc1cccc(Oc2n[c]cs2)c1Cl. The lowest BCUT2D eigenvalue weighted by Crippen LogP contribution is -1.84. The van der Waals surface area contributed by atoms with Gasteiger partial charge < -0.3 is 4.74 Å². The largest absolute Gasteiger partial charge is 0.429 e. The van der Waals surface area contributed by atoms with Crippen LogP contribution in [0.1, 0.15) is 0 Å². The molecule has 1 heterocycles. The summed E-state index contributed by atoms with van der Waals surface area (Å²) in [6.45, 7) is 0. The van der Waals surface area contributed by atoms with E-state index in [4.69, 9.17) is 27.9 Å². The van der Waals surface area contributed by atoms with E-state index in [-0.39, 0.29) is 0 Å². The Morgan fingerprint density at radius 1 is 1.36 bits per heavy atom. The van der Waals surface area contributed by atoms with Crippen LogP contribution in [0.5, 0.6) is 10.9 Å². The van der Waals surface area contributed by atoms with Crippen LogP contribution in [-0.4, -0.2) is 4.98 Å². The van der Waals surface area contributed by atoms with Crippen LogP contribution in [0.15, 0.2) is 23.6 Å². The van der Waals surface area contributed by atoms with Crippen molar-refractivity contribution in [1.29, 1.82) is 0 Å². The second kappa shape index (κ2) is 4.17. The Labute approximate surface area is 95.1 Å². The van der Waals surface area contributed by atoms with Crippen LogP contribution >= 0.6 is 34.5 Å². The second-order valence-corrected chi connectivity index (χ2v) is 4.00. The molecule has 0 amide bonds. The molecular formula is C9H4Cl2NOS. The minimum atomic E-state index is 0.393. The van der Waals surface area contributed by atoms with E-state index in [1.807, 2.05) is 0 Å². The maximum atomic E-state index is 5.92. The maximum Gasteiger partial charge on any atom is 0.279 e. The fourth-order valence-electron chi connectivity index (χ4n) is 0.886. The fraction of sp³-hybridized carbons (Fsp3) is 0. The van der Waals surface area contributed by atoms with Gasteiger partial charge in [0.05, 0.1) is 5.02 Å². The summed E-state index contributed by atoms with van der Waals surface area (Å²) in [5.74, 6) is 0.502. The first kappa shape index (κ1) is 9.77. The van der Waals surface area contributed by atoms with Crippen molar-refractivity contribution in [2.75, 3.05) is 0 Å². The Morgan fingerprint density at radius 3 is 2.93 bits per heavy atom. The quantitative estimate of drug-likeness (QED) is 0.796. The number of hydrogen-bond acceptors (Lipinski definition) is 3. The summed E-state index contributed by atoms with van der Waals surface area (Å²) in [7, 11) is 0. The van der Waals surface area contributed by atoms with Crippen molar-refractivity contribution in [3.8, 4) is 10.9 Å². The van der Waals surface area contributed by atoms with Crippen LogP contribution in [0.25, 0.3) is 0 Å². The van der Waals surface area contributed by atoms with Gasteiger partial charge in [0.15, 0.2) is 0 Å². The van der Waals surface area contributed by atoms with Gasteiger partial charge in [0.1, 0.15) is 17.0 Å². The third-order valence-electron chi connectivity index (χ3n) is 1.48. The van der Waals surface area contributed by atoms with Crippen molar-refractivity contribution in [3.05, 3.63) is 39.8 Å². The average molecular weight is 245 g/mol. The summed E-state index contributed by atoms with van der Waals surface area (Å²) in [6, 6.07) is 5.20. The van der Waals surface area contributed by atoms with Gasteiger partial charge in [0.25, 0.3) is 5.19 Å². The molecule has 0 bridgehead atoms. The third kappa shape index (κ3) is 2.00. The van der Waals surface area contributed by atoms with Crippen molar-refractivity contribution in [3.63, 3.8) is 0 Å². The van der Waals surface area contributed by atoms with Gasteiger partial charge in [0.2, 0.25) is 0 Å². The monoisotopic (exact) mass is 244 g/mol. The van der Waals surface area contributed by atoms with Crippen LogP contribution in [-0.2, 0) is 0 Å². The number of aromatic nitrogens is 1. The lowest BCUT2D eigenvalue weighted by molar-refractivity contribution is 0.479. The topological polar surface area (TPSA) is 22.1 Å². The van der Waals surface area contributed by atoms with Gasteiger partial charge in [-0.15, -0.1) is 0 Å². The first-order valence-electron chi connectivity index (χ1n) is 3.71. The molecule has 2 nitrogen and oxygen atoms in total. The summed E-state index contributed by atoms with van der Waals surface area (Å²) < 4.78 is 5.39. The Kier molecular flexibility index (Phi) is 2.91. The van der Waals surface area contributed by atoms with Crippen molar-refractivity contribution in [2.45, 2.75) is 0 Å². The molecule has 0 unspecified atom stereocenters. The van der Waals surface area contributed by atoms with E-state index in [9.17, 15) is 0 Å². The molecule has 2 aromatic rings. The lowest BCUT2D eigenvalue weighted by Gasteiger charge is -2.04. The van der Waals surface area contributed by atoms with Gasteiger partial charge in [-0.2, -0.15) is 0 Å². The van der Waals surface area contributed by atoms with E-state index >= 15 is 0 Å². The van der Waals surface area contributed by atoms with Crippen molar-refractivity contribution < 1.29 is 4.74 Å². The Hall–Kier alpha value is -0.770. The molecule has 5 heteroatoms. The molecule has 1 aromatic heterocycles. The molecule has 0 saturated carbocycles. The number of halogens is 2. The van der Waals surface area contributed by atoms with Crippen LogP contribution in [0.4, 0.5) is 0 Å². The maximum absolute atomic E-state index is 5.92. The highest BCUT2D eigenvalue weighted by atomic mass is 35.5. The van der Waals surface area contributed by atoms with E-state index in [0.717, 1.165) is 0 Å². The van der Waals surface area contributed by atoms with Gasteiger partial charge in [0, 0.05) is 5.38 Å². The highest BCUT2D eigenvalue weighted by Gasteiger charge is 2.07. The first-order chi connectivity index (χ1) is 6.77. The summed E-state index contributed by atoms with van der Waals surface area (Å²) in [5, 5.41) is 3.05. The molecule has 1 aromatic carbocycles. The molecule has 1 radical (unpaired) electrons. The Morgan fingerprint density at radius 2 is 2.21 bits per heavy atom. The van der Waals surface area contributed by atoms with E-state index in [1.54, 1.807) is 23.6 Å². The lowest BCUT2D eigenvalue weighted by atomic mass is 10.3. The molecule has 14 heavy (non-hydrogen) atoms. The number of rotatable bonds is 2. The molecule has 0 aliphatic carbocycles. The van der Waals surface area contributed by atoms with E-state index < -0.39 is 0 Å². The molecular weight excluding hydrogens is 241 g/mol. The van der Waals surface area contributed by atoms with Gasteiger partial charge in [-0.05, 0) is 12.1 Å². The van der Waals surface area contributed by atoms with Crippen LogP contribution in [0, 0.1) is 6.20 Å². The van der Waals surface area contributed by atoms with Crippen molar-refractivity contribution >= 4 is 34.5 Å². The summed E-state index contributed by atoms with van der Waals surface area (Å²) >= 11 is 13.1. The van der Waals surface area contributed by atoms with Crippen LogP contribution in [0.2, 0.25) is 10.0 Å². The van der Waals surface area contributed by atoms with E-state index in [2.05, 4.69) is 11.2 Å². The van der Waals surface area contributed by atoms with Gasteiger partial charge in [-0.3, -0.25) is 0 Å². The zero-order valence-corrected chi connectivity index (χ0v) is 9.16. The van der Waals surface area contributed by atoms with E-state index in [0.29, 0.717) is 21.0 Å². The normalized spacial score (nSPS) is 10.1. The molecule has 0 atom stereocenters. The third-order valence-corrected chi connectivity index (χ3v) is 2.88. The highest BCUT2D eigenvalue weighted by Crippen LogP contribution is 2.34. The van der Waals surface area contributed by atoms with Crippen LogP contribution < -0.4 is 4.74 Å². The minimum Gasteiger partial charge on any atom is -0.429 e. The predicted molar refractivity (Wildman–Crippen MR) is 57.5 cm³/mol. The highest BCUT2D eigenvalue weighted by molar-refractivity contribution is 7.11. The van der Waals surface area contributed by atoms with Crippen molar-refractivity contribution in [2.24, 2.45) is 0 Å². The molecule has 0 N–H and O–H groups in total. The molecule has 0 fully saturated rings. The first-order valence-corrected chi connectivity index (χ1v) is 5.34. The summed E-state index contributed by atoms with van der Waals surface area (Å²) in [5.41, 5.74) is 0. The molecule has 71 valence electrons. The Bertz CT molecular complexity index is 430. The summed E-state index contributed by atoms with van der Waals surface area (Å²) in [4.78, 5) is 3.85. The fourth-order valence-corrected chi connectivity index (χ4v) is 1.67. The number of benzene rings is 1. The molecule has 0 aliphatic rings. The summed E-state index contributed by atoms with van der Waals surface area (Å²) in [6.07, 6.45) is 2.65. The van der Waals surface area contributed by atoms with Gasteiger partial charge in [-0.1, -0.05) is 40.6 Å². The number of hydrogen-bond donors (Lipinski definition) is 0. The standard InChI is InChI=1S/C9H4Cl2NOS/c10-6-2-1-3-7(8(6)11)13-9-12-4-5-14-9/h1-3,5H. The molecule has 0 saturated heterocycles. The van der Waals surface area contributed by atoms with Gasteiger partial charge in [-0.25, -0.2) is 4.98 Å².